The summed E-state index contributed by atoms with van der Waals surface area (Å²) in [6.07, 6.45) is 7.70. The van der Waals surface area contributed by atoms with Gasteiger partial charge in [-0.3, -0.25) is 14.4 Å². The predicted octanol–water partition coefficient (Wildman–Crippen LogP) is 2.84. The smallest absolute Gasteiger partial charge is 0.313 e. The van der Waals surface area contributed by atoms with Crippen LogP contribution in [0.5, 0.6) is 0 Å². The van der Waals surface area contributed by atoms with Crippen molar-refractivity contribution in [2.75, 3.05) is 26.3 Å². The number of nitrogens with zero attached hydrogens (tertiary/aromatic N) is 5. The normalized spacial score (nSPS) is 27.8. The Bertz CT molecular complexity index is 1340. The molecule has 1 aromatic heterocycles. The summed E-state index contributed by atoms with van der Waals surface area (Å²) in [6, 6.07) is 6.61. The lowest BCUT2D eigenvalue weighted by molar-refractivity contribution is -0.161. The molecule has 5 atom stereocenters. The monoisotopic (exact) mass is 579 g/mol. The second-order valence-corrected chi connectivity index (χ2v) is 11.5. The van der Waals surface area contributed by atoms with Crippen LogP contribution in [0.15, 0.2) is 49.6 Å². The molecule has 2 unspecified atom stereocenters. The number of carbonyl (C=O) groups is 3. The van der Waals surface area contributed by atoms with Gasteiger partial charge in [-0.1, -0.05) is 55.8 Å². The van der Waals surface area contributed by atoms with E-state index in [1.807, 2.05) is 31.2 Å². The van der Waals surface area contributed by atoms with Crippen LogP contribution in [0.2, 0.25) is 0 Å². The molecule has 2 amide bonds. The molecule has 2 aromatic rings. The first-order chi connectivity index (χ1) is 20.4. The van der Waals surface area contributed by atoms with Crippen LogP contribution in [-0.4, -0.2) is 91.2 Å². The number of aliphatic hydroxyl groups excluding tert-OH is 1. The van der Waals surface area contributed by atoms with Gasteiger partial charge in [0.25, 0.3) is 0 Å². The first-order valence-corrected chi connectivity index (χ1v) is 14.9. The summed E-state index contributed by atoms with van der Waals surface area (Å²) in [7, 11) is 0. The Morgan fingerprint density at radius 2 is 1.98 bits per heavy atom. The zero-order chi connectivity index (χ0) is 29.9. The lowest BCUT2D eigenvalue weighted by Gasteiger charge is -2.36. The van der Waals surface area contributed by atoms with Crippen LogP contribution in [0.3, 0.4) is 0 Å². The summed E-state index contributed by atoms with van der Waals surface area (Å²) in [6.45, 7) is 10.3. The van der Waals surface area contributed by atoms with Gasteiger partial charge in [0.1, 0.15) is 36.4 Å². The maximum absolute atomic E-state index is 14.6. The number of amides is 2. The van der Waals surface area contributed by atoms with Crippen molar-refractivity contribution < 1.29 is 29.0 Å². The van der Waals surface area contributed by atoms with Crippen molar-refractivity contribution in [3.05, 3.63) is 49.6 Å². The first-order valence-electron chi connectivity index (χ1n) is 14.9. The highest BCUT2D eigenvalue weighted by atomic mass is 16.6. The topological polar surface area (TPSA) is 127 Å². The van der Waals surface area contributed by atoms with Crippen molar-refractivity contribution in [2.24, 2.45) is 11.8 Å². The van der Waals surface area contributed by atoms with E-state index in [2.05, 4.69) is 23.5 Å². The van der Waals surface area contributed by atoms with Gasteiger partial charge in [0.05, 0.1) is 17.0 Å². The van der Waals surface area contributed by atoms with E-state index in [1.165, 1.54) is 6.08 Å². The van der Waals surface area contributed by atoms with Crippen molar-refractivity contribution >= 4 is 28.8 Å². The summed E-state index contributed by atoms with van der Waals surface area (Å²) < 4.78 is 14.0. The van der Waals surface area contributed by atoms with Crippen LogP contribution < -0.4 is 0 Å². The maximum atomic E-state index is 14.6. The zero-order valence-corrected chi connectivity index (χ0v) is 24.3. The standard InChI is InChI=1S/C31H41N5O6/c1-4-17-34(21-36-23-14-10-9-13-22(23)32-33-36)28(39)26-31-16-15-30(6-3,42-31)25(29(40)41-20-5-2)24(31)27(38)35(26)18-11-7-8-12-19-37/h4-5,9-10,13-14,24-26,37H,1-2,6-8,11-12,15-21H2,3H3/t24-,25+,26?,30-,31?/m0/s1. The van der Waals surface area contributed by atoms with Crippen LogP contribution in [0.25, 0.3) is 11.0 Å². The number of ether oxygens (including phenoxy) is 2. The fourth-order valence-electron chi connectivity index (χ4n) is 7.30. The number of fused-ring (bicyclic) bond motifs is 2. The second-order valence-electron chi connectivity index (χ2n) is 11.5. The molecule has 0 radical (unpaired) electrons. The van der Waals surface area contributed by atoms with Gasteiger partial charge in [-0.25, -0.2) is 4.68 Å². The molecule has 3 aliphatic heterocycles. The summed E-state index contributed by atoms with van der Waals surface area (Å²) in [5.74, 6) is -2.61. The molecule has 1 aromatic carbocycles. The average Bonchev–Trinajstić information content (AvgIpc) is 3.72. The predicted molar refractivity (Wildman–Crippen MR) is 155 cm³/mol. The van der Waals surface area contributed by atoms with Crippen LogP contribution in [0.1, 0.15) is 51.9 Å². The SMILES string of the molecule is C=CCOC(=O)[C@H]1[C@H]2C(=O)N(CCCCCCO)C(C(=O)N(CC=C)Cn3nnc4ccccc43)C23CC[C@]1(CC)O3. The number of hydrogen-bond donors (Lipinski definition) is 1. The van der Waals surface area contributed by atoms with E-state index >= 15 is 0 Å². The van der Waals surface area contributed by atoms with Gasteiger partial charge in [-0.05, 0) is 44.2 Å². The molecule has 11 nitrogen and oxygen atoms in total. The van der Waals surface area contributed by atoms with Gasteiger partial charge in [0.2, 0.25) is 11.8 Å². The molecule has 3 fully saturated rings. The highest BCUT2D eigenvalue weighted by Crippen LogP contribution is 2.64. The summed E-state index contributed by atoms with van der Waals surface area (Å²) in [4.78, 5) is 45.6. The van der Waals surface area contributed by atoms with Crippen LogP contribution in [0.4, 0.5) is 0 Å². The minimum Gasteiger partial charge on any atom is -0.461 e. The van der Waals surface area contributed by atoms with Gasteiger partial charge >= 0.3 is 5.97 Å². The van der Waals surface area contributed by atoms with E-state index in [4.69, 9.17) is 9.47 Å². The van der Waals surface area contributed by atoms with Gasteiger partial charge < -0.3 is 24.4 Å². The van der Waals surface area contributed by atoms with E-state index in [0.29, 0.717) is 44.2 Å². The minimum atomic E-state index is -1.14. The van der Waals surface area contributed by atoms with Gasteiger partial charge in [-0.2, -0.15) is 0 Å². The Hall–Kier alpha value is -3.57. The molecule has 3 aliphatic rings. The largest absolute Gasteiger partial charge is 0.461 e. The number of carbonyl (C=O) groups excluding carboxylic acids is 3. The lowest BCUT2D eigenvalue weighted by Crippen LogP contribution is -2.56. The maximum Gasteiger partial charge on any atom is 0.313 e. The number of unbranched alkanes of at least 4 members (excludes halogenated alkanes) is 3. The van der Waals surface area contributed by atoms with Crippen molar-refractivity contribution in [3.8, 4) is 0 Å². The number of esters is 1. The summed E-state index contributed by atoms with van der Waals surface area (Å²) in [5.41, 5.74) is -0.509. The fourth-order valence-corrected chi connectivity index (χ4v) is 7.30. The van der Waals surface area contributed by atoms with E-state index < -0.39 is 35.0 Å². The molecule has 1 N–H and O–H groups in total. The molecule has 0 aliphatic carbocycles. The van der Waals surface area contributed by atoms with Crippen LogP contribution in [-0.2, 0) is 30.5 Å². The van der Waals surface area contributed by atoms with E-state index in [-0.39, 0.29) is 38.2 Å². The summed E-state index contributed by atoms with van der Waals surface area (Å²) >= 11 is 0. The molecular formula is C31H41N5O6. The molecule has 11 heteroatoms. The Balaban J connectivity index is 1.51. The third-order valence-corrected chi connectivity index (χ3v) is 9.21. The zero-order valence-electron chi connectivity index (χ0n) is 24.3. The average molecular weight is 580 g/mol. The number of para-hydroxylation sites is 1. The Morgan fingerprint density at radius 3 is 2.71 bits per heavy atom. The number of hydrogen-bond acceptors (Lipinski definition) is 8. The molecule has 226 valence electrons. The number of aromatic nitrogens is 3. The van der Waals surface area contributed by atoms with Gasteiger partial charge in [0.15, 0.2) is 0 Å². The second kappa shape index (κ2) is 12.3. The van der Waals surface area contributed by atoms with E-state index in [0.717, 1.165) is 18.4 Å². The number of rotatable bonds is 15. The van der Waals surface area contributed by atoms with Gasteiger partial charge in [0, 0.05) is 19.7 Å². The first kappa shape index (κ1) is 29.9. The molecule has 2 bridgehead atoms. The number of benzene rings is 1. The quantitative estimate of drug-likeness (QED) is 0.194. The summed E-state index contributed by atoms with van der Waals surface area (Å²) in [5, 5.41) is 17.7. The third-order valence-electron chi connectivity index (χ3n) is 9.21. The Labute approximate surface area is 246 Å². The highest BCUT2D eigenvalue weighted by molar-refractivity contribution is 5.98. The highest BCUT2D eigenvalue weighted by Gasteiger charge is 2.79. The molecule has 4 heterocycles. The van der Waals surface area contributed by atoms with Crippen molar-refractivity contribution in [1.82, 2.24) is 24.8 Å². The molecule has 3 saturated heterocycles. The third kappa shape index (κ3) is 4.92. The minimum absolute atomic E-state index is 0.0406. The Kier molecular flexibility index (Phi) is 8.79. The molecule has 5 rings (SSSR count). The van der Waals surface area contributed by atoms with Crippen LogP contribution >= 0.6 is 0 Å². The molecule has 1 spiro atoms. The molecular weight excluding hydrogens is 538 g/mol. The fraction of sp³-hybridized carbons (Fsp3) is 0.581. The molecule has 42 heavy (non-hydrogen) atoms. The van der Waals surface area contributed by atoms with Crippen molar-refractivity contribution in [3.63, 3.8) is 0 Å². The van der Waals surface area contributed by atoms with Crippen molar-refractivity contribution in [2.45, 2.75) is 75.8 Å². The van der Waals surface area contributed by atoms with Crippen molar-refractivity contribution in [1.29, 1.82) is 0 Å². The number of aliphatic hydroxyl groups is 1. The van der Waals surface area contributed by atoms with Gasteiger partial charge in [-0.15, -0.1) is 11.7 Å². The van der Waals surface area contributed by atoms with Crippen LogP contribution in [0, 0.1) is 11.8 Å². The molecule has 0 saturated carbocycles. The lowest BCUT2D eigenvalue weighted by atomic mass is 9.65. The van der Waals surface area contributed by atoms with E-state index in [1.54, 1.807) is 20.6 Å². The van der Waals surface area contributed by atoms with E-state index in [9.17, 15) is 19.5 Å². The Morgan fingerprint density at radius 1 is 1.19 bits per heavy atom. The number of likely N-dealkylation sites (tertiary alicyclic amines) is 1.